The lowest BCUT2D eigenvalue weighted by Gasteiger charge is -2.35. The van der Waals surface area contributed by atoms with Crippen LogP contribution in [0.3, 0.4) is 0 Å². The fourth-order valence-corrected chi connectivity index (χ4v) is 4.53. The van der Waals surface area contributed by atoms with E-state index in [-0.39, 0.29) is 0 Å². The SMILES string of the molecule is CC1CN(c2nc3sccn3c2C=O)CC(C)S1. The molecule has 0 radical (unpaired) electrons. The molecule has 0 aliphatic carbocycles. The smallest absolute Gasteiger partial charge is 0.196 e. The molecule has 1 saturated heterocycles. The average molecular weight is 281 g/mol. The summed E-state index contributed by atoms with van der Waals surface area (Å²) in [6, 6.07) is 0. The molecule has 3 rings (SSSR count). The molecule has 6 heteroatoms. The van der Waals surface area contributed by atoms with E-state index in [0.29, 0.717) is 16.2 Å². The molecule has 2 atom stereocenters. The maximum Gasteiger partial charge on any atom is 0.196 e. The zero-order valence-electron chi connectivity index (χ0n) is 10.4. The van der Waals surface area contributed by atoms with Crippen molar-refractivity contribution in [3.05, 3.63) is 17.3 Å². The first kappa shape index (κ1) is 12.0. The Labute approximate surface area is 114 Å². The Hall–Kier alpha value is -1.01. The van der Waals surface area contributed by atoms with Crippen molar-refractivity contribution in [3.8, 4) is 0 Å². The minimum atomic E-state index is 0.577. The Morgan fingerprint density at radius 3 is 2.78 bits per heavy atom. The number of thioether (sulfide) groups is 1. The third-order valence-corrected chi connectivity index (χ3v) is 5.09. The number of carbonyl (C=O) groups excluding carboxylic acids is 1. The maximum atomic E-state index is 11.3. The van der Waals surface area contributed by atoms with E-state index in [1.165, 1.54) is 0 Å². The van der Waals surface area contributed by atoms with Crippen molar-refractivity contribution in [1.82, 2.24) is 9.38 Å². The van der Waals surface area contributed by atoms with E-state index < -0.39 is 0 Å². The van der Waals surface area contributed by atoms with Crippen molar-refractivity contribution in [1.29, 1.82) is 0 Å². The van der Waals surface area contributed by atoms with Crippen molar-refractivity contribution < 1.29 is 4.79 Å². The highest BCUT2D eigenvalue weighted by Crippen LogP contribution is 2.30. The molecular weight excluding hydrogens is 266 g/mol. The Kier molecular flexibility index (Phi) is 3.07. The summed E-state index contributed by atoms with van der Waals surface area (Å²) in [5.41, 5.74) is 0.678. The summed E-state index contributed by atoms with van der Waals surface area (Å²) in [5, 5.41) is 3.11. The van der Waals surface area contributed by atoms with E-state index in [9.17, 15) is 4.79 Å². The van der Waals surface area contributed by atoms with E-state index in [2.05, 4.69) is 23.7 Å². The van der Waals surface area contributed by atoms with Crippen LogP contribution in [0.5, 0.6) is 0 Å². The highest BCUT2D eigenvalue weighted by molar-refractivity contribution is 8.00. The van der Waals surface area contributed by atoms with Gasteiger partial charge >= 0.3 is 0 Å². The lowest BCUT2D eigenvalue weighted by atomic mass is 10.3. The molecule has 1 aliphatic rings. The predicted octanol–water partition coefficient (Wildman–Crippen LogP) is 2.54. The summed E-state index contributed by atoms with van der Waals surface area (Å²) in [6.07, 6.45) is 2.82. The van der Waals surface area contributed by atoms with Crippen LogP contribution >= 0.6 is 23.1 Å². The van der Waals surface area contributed by atoms with Crippen LogP contribution < -0.4 is 4.90 Å². The van der Waals surface area contributed by atoms with Gasteiger partial charge in [-0.1, -0.05) is 13.8 Å². The standard InChI is InChI=1S/C12H15N3OS2/c1-8-5-14(6-9(2)18-8)11-10(7-16)15-3-4-17-12(15)13-11/h3-4,7-9H,5-6H2,1-2H3. The van der Waals surface area contributed by atoms with E-state index in [1.54, 1.807) is 11.3 Å². The van der Waals surface area contributed by atoms with Gasteiger partial charge in [0.05, 0.1) is 0 Å². The quantitative estimate of drug-likeness (QED) is 0.793. The fourth-order valence-electron chi connectivity index (χ4n) is 2.48. The molecule has 0 amide bonds. The largest absolute Gasteiger partial charge is 0.352 e. The highest BCUT2D eigenvalue weighted by atomic mass is 32.2. The van der Waals surface area contributed by atoms with Gasteiger partial charge in [0.15, 0.2) is 17.1 Å². The van der Waals surface area contributed by atoms with Gasteiger partial charge in [-0.15, -0.1) is 11.3 Å². The molecule has 3 heterocycles. The molecule has 0 saturated carbocycles. The number of imidazole rings is 1. The summed E-state index contributed by atoms with van der Waals surface area (Å²) < 4.78 is 1.88. The third kappa shape index (κ3) is 1.93. The van der Waals surface area contributed by atoms with E-state index in [1.807, 2.05) is 27.7 Å². The minimum Gasteiger partial charge on any atom is -0.352 e. The zero-order valence-corrected chi connectivity index (χ0v) is 12.0. The summed E-state index contributed by atoms with van der Waals surface area (Å²) >= 11 is 3.56. The van der Waals surface area contributed by atoms with Crippen LogP contribution in [0.25, 0.3) is 4.96 Å². The number of anilines is 1. The Bertz CT molecular complexity index is 567. The molecule has 2 aromatic heterocycles. The number of aldehydes is 1. The topological polar surface area (TPSA) is 37.6 Å². The van der Waals surface area contributed by atoms with Crippen molar-refractivity contribution in [2.75, 3.05) is 18.0 Å². The first-order chi connectivity index (χ1) is 8.69. The molecule has 0 bridgehead atoms. The summed E-state index contributed by atoms with van der Waals surface area (Å²) in [5.74, 6) is 0.843. The molecule has 1 fully saturated rings. The van der Waals surface area contributed by atoms with Gasteiger partial charge in [0, 0.05) is 35.2 Å². The van der Waals surface area contributed by atoms with Crippen LogP contribution in [0.2, 0.25) is 0 Å². The average Bonchev–Trinajstić information content (AvgIpc) is 2.86. The van der Waals surface area contributed by atoms with Gasteiger partial charge in [0.25, 0.3) is 0 Å². The van der Waals surface area contributed by atoms with Gasteiger partial charge in [-0.05, 0) is 0 Å². The monoisotopic (exact) mass is 281 g/mol. The Morgan fingerprint density at radius 2 is 2.11 bits per heavy atom. The van der Waals surface area contributed by atoms with Gasteiger partial charge in [-0.2, -0.15) is 11.8 Å². The number of nitrogens with zero attached hydrogens (tertiary/aromatic N) is 3. The number of fused-ring (bicyclic) bond motifs is 1. The molecule has 1 aliphatic heterocycles. The fraction of sp³-hybridized carbons (Fsp3) is 0.500. The van der Waals surface area contributed by atoms with Crippen molar-refractivity contribution >= 4 is 40.2 Å². The maximum absolute atomic E-state index is 11.3. The number of carbonyl (C=O) groups is 1. The first-order valence-electron chi connectivity index (χ1n) is 6.00. The first-order valence-corrected chi connectivity index (χ1v) is 7.82. The van der Waals surface area contributed by atoms with Crippen LogP contribution in [-0.2, 0) is 0 Å². The van der Waals surface area contributed by atoms with Gasteiger partial charge in [-0.3, -0.25) is 9.20 Å². The molecule has 0 N–H and O–H groups in total. The lowest BCUT2D eigenvalue weighted by Crippen LogP contribution is -2.41. The van der Waals surface area contributed by atoms with Crippen LogP contribution in [0.15, 0.2) is 11.6 Å². The lowest BCUT2D eigenvalue weighted by molar-refractivity contribution is 0.111. The predicted molar refractivity (Wildman–Crippen MR) is 77.2 cm³/mol. The summed E-state index contributed by atoms with van der Waals surface area (Å²) in [6.45, 7) is 6.38. The van der Waals surface area contributed by atoms with Crippen LogP contribution in [0.1, 0.15) is 24.3 Å². The van der Waals surface area contributed by atoms with Crippen molar-refractivity contribution in [3.63, 3.8) is 0 Å². The van der Waals surface area contributed by atoms with E-state index in [4.69, 9.17) is 0 Å². The van der Waals surface area contributed by atoms with Crippen LogP contribution in [0.4, 0.5) is 5.82 Å². The summed E-state index contributed by atoms with van der Waals surface area (Å²) in [4.78, 5) is 19.1. The Balaban J connectivity index is 2.02. The van der Waals surface area contributed by atoms with Gasteiger partial charge in [-0.25, -0.2) is 4.98 Å². The third-order valence-electron chi connectivity index (χ3n) is 3.11. The molecule has 2 aromatic rings. The Morgan fingerprint density at radius 1 is 1.39 bits per heavy atom. The molecule has 18 heavy (non-hydrogen) atoms. The van der Waals surface area contributed by atoms with Crippen LogP contribution in [-0.4, -0.2) is 39.3 Å². The molecule has 96 valence electrons. The minimum absolute atomic E-state index is 0.577. The number of thiazole rings is 1. The van der Waals surface area contributed by atoms with Crippen molar-refractivity contribution in [2.45, 2.75) is 24.3 Å². The van der Waals surface area contributed by atoms with E-state index >= 15 is 0 Å². The van der Waals surface area contributed by atoms with E-state index in [0.717, 1.165) is 30.2 Å². The normalized spacial score (nSPS) is 24.7. The molecule has 2 unspecified atom stereocenters. The van der Waals surface area contributed by atoms with Gasteiger partial charge in [0.1, 0.15) is 5.69 Å². The van der Waals surface area contributed by atoms with Crippen LogP contribution in [0, 0.1) is 0 Å². The molecular formula is C12H15N3OS2. The molecule has 4 nitrogen and oxygen atoms in total. The number of aromatic nitrogens is 2. The second-order valence-corrected chi connectivity index (χ2v) is 7.41. The zero-order chi connectivity index (χ0) is 12.7. The molecule has 0 aromatic carbocycles. The van der Waals surface area contributed by atoms with Gasteiger partial charge in [0.2, 0.25) is 0 Å². The second-order valence-electron chi connectivity index (χ2n) is 4.66. The summed E-state index contributed by atoms with van der Waals surface area (Å²) in [7, 11) is 0. The second kappa shape index (κ2) is 4.59. The number of rotatable bonds is 2. The highest BCUT2D eigenvalue weighted by Gasteiger charge is 2.26. The van der Waals surface area contributed by atoms with Gasteiger partial charge < -0.3 is 4.90 Å². The number of hydrogen-bond donors (Lipinski definition) is 0. The molecule has 0 spiro atoms. The number of hydrogen-bond acceptors (Lipinski definition) is 5. The van der Waals surface area contributed by atoms with Crippen molar-refractivity contribution in [2.24, 2.45) is 0 Å².